The first-order valence-electron chi connectivity index (χ1n) is 9.30. The third-order valence-corrected chi connectivity index (χ3v) is 4.71. The Morgan fingerprint density at radius 1 is 1.27 bits per heavy atom. The summed E-state index contributed by atoms with van der Waals surface area (Å²) >= 11 is 0. The molecular formula is C20H29N3O3. The van der Waals surface area contributed by atoms with Crippen molar-refractivity contribution in [1.29, 1.82) is 0 Å². The van der Waals surface area contributed by atoms with Gasteiger partial charge in [0.15, 0.2) is 5.78 Å². The molecule has 0 aliphatic carbocycles. The fraction of sp³-hybridized carbons (Fsp3) is 0.550. The zero-order valence-electron chi connectivity index (χ0n) is 15.4. The van der Waals surface area contributed by atoms with Crippen molar-refractivity contribution in [3.8, 4) is 0 Å². The van der Waals surface area contributed by atoms with Crippen molar-refractivity contribution >= 4 is 17.6 Å². The van der Waals surface area contributed by atoms with E-state index in [1.54, 1.807) is 0 Å². The van der Waals surface area contributed by atoms with Crippen LogP contribution in [0.4, 0.5) is 0 Å². The lowest BCUT2D eigenvalue weighted by atomic mass is 10.0. The molecule has 142 valence electrons. The monoisotopic (exact) mass is 359 g/mol. The molecule has 1 aromatic carbocycles. The van der Waals surface area contributed by atoms with Crippen LogP contribution >= 0.6 is 0 Å². The van der Waals surface area contributed by atoms with E-state index in [1.165, 1.54) is 5.56 Å². The molecule has 2 amide bonds. The standard InChI is InChI=1S/C20H29N3O3/c1-15(12-19(21)25)13-20(26)22-17-8-5-10-23(14-18(17)24)11-9-16-6-3-2-4-7-16/h2-4,6-7,15,17H,5,8-14H2,1H3,(H2,21,25)(H,22,26)/t15-,17?/m0/s1. The molecular weight excluding hydrogens is 330 g/mol. The van der Waals surface area contributed by atoms with E-state index >= 15 is 0 Å². The van der Waals surface area contributed by atoms with Crippen LogP contribution in [0, 0.1) is 5.92 Å². The van der Waals surface area contributed by atoms with Gasteiger partial charge in [-0.3, -0.25) is 19.3 Å². The van der Waals surface area contributed by atoms with Crippen LogP contribution in [-0.2, 0) is 20.8 Å². The lowest BCUT2D eigenvalue weighted by Crippen LogP contribution is -2.43. The third kappa shape index (κ3) is 6.96. The zero-order valence-corrected chi connectivity index (χ0v) is 15.4. The summed E-state index contributed by atoms with van der Waals surface area (Å²) in [6.45, 7) is 3.88. The first kappa shape index (κ1) is 20.1. The van der Waals surface area contributed by atoms with E-state index in [4.69, 9.17) is 5.73 Å². The molecule has 1 fully saturated rings. The average molecular weight is 359 g/mol. The van der Waals surface area contributed by atoms with Crippen LogP contribution in [0.3, 0.4) is 0 Å². The Bertz CT molecular complexity index is 618. The Hall–Kier alpha value is -2.21. The SMILES string of the molecule is C[C@@H](CC(N)=O)CC(=O)NC1CCCN(CCc2ccccc2)CC1=O. The predicted molar refractivity (Wildman–Crippen MR) is 100 cm³/mol. The minimum absolute atomic E-state index is 0.0615. The number of amides is 2. The van der Waals surface area contributed by atoms with E-state index in [2.05, 4.69) is 22.3 Å². The molecule has 0 aromatic heterocycles. The number of primary amides is 1. The van der Waals surface area contributed by atoms with Crippen molar-refractivity contribution in [3.05, 3.63) is 35.9 Å². The van der Waals surface area contributed by atoms with Gasteiger partial charge in [-0.2, -0.15) is 0 Å². The number of hydrogen-bond donors (Lipinski definition) is 2. The molecule has 0 bridgehead atoms. The van der Waals surface area contributed by atoms with Crippen LogP contribution in [0.25, 0.3) is 0 Å². The van der Waals surface area contributed by atoms with Crippen LogP contribution in [0.15, 0.2) is 30.3 Å². The third-order valence-electron chi connectivity index (χ3n) is 4.71. The summed E-state index contributed by atoms with van der Waals surface area (Å²) in [7, 11) is 0. The van der Waals surface area contributed by atoms with Gasteiger partial charge < -0.3 is 11.1 Å². The molecule has 1 aliphatic rings. The lowest BCUT2D eigenvalue weighted by molar-refractivity contribution is -0.128. The van der Waals surface area contributed by atoms with E-state index in [9.17, 15) is 14.4 Å². The normalized spacial score (nSPS) is 19.6. The molecule has 26 heavy (non-hydrogen) atoms. The van der Waals surface area contributed by atoms with Gasteiger partial charge in [-0.25, -0.2) is 0 Å². The average Bonchev–Trinajstić information content (AvgIpc) is 2.74. The molecule has 0 spiro atoms. The van der Waals surface area contributed by atoms with Crippen molar-refractivity contribution in [3.63, 3.8) is 0 Å². The minimum atomic E-state index is -0.426. The summed E-state index contributed by atoms with van der Waals surface area (Å²) in [6.07, 6.45) is 2.85. The smallest absolute Gasteiger partial charge is 0.220 e. The fourth-order valence-corrected chi connectivity index (χ4v) is 3.35. The quantitative estimate of drug-likeness (QED) is 0.731. The van der Waals surface area contributed by atoms with Crippen molar-refractivity contribution in [2.75, 3.05) is 19.6 Å². The van der Waals surface area contributed by atoms with Gasteiger partial charge in [0.05, 0.1) is 12.6 Å². The summed E-state index contributed by atoms with van der Waals surface area (Å²) in [5.74, 6) is -0.651. The number of rotatable bonds is 8. The second kappa shape index (κ2) is 10.1. The number of likely N-dealkylation sites (tertiary alicyclic amines) is 1. The van der Waals surface area contributed by atoms with E-state index in [-0.39, 0.29) is 30.4 Å². The Labute approximate surface area is 155 Å². The molecule has 0 saturated carbocycles. The maximum atomic E-state index is 12.5. The first-order chi connectivity index (χ1) is 12.4. The highest BCUT2D eigenvalue weighted by Gasteiger charge is 2.26. The van der Waals surface area contributed by atoms with E-state index in [0.29, 0.717) is 13.0 Å². The minimum Gasteiger partial charge on any atom is -0.370 e. The highest BCUT2D eigenvalue weighted by atomic mass is 16.2. The van der Waals surface area contributed by atoms with Gasteiger partial charge in [-0.15, -0.1) is 0 Å². The Morgan fingerprint density at radius 3 is 2.69 bits per heavy atom. The van der Waals surface area contributed by atoms with Crippen molar-refractivity contribution in [2.45, 2.75) is 45.1 Å². The summed E-state index contributed by atoms with van der Waals surface area (Å²) in [5, 5.41) is 2.84. The highest BCUT2D eigenvalue weighted by Crippen LogP contribution is 2.12. The van der Waals surface area contributed by atoms with Crippen LogP contribution in [0.5, 0.6) is 0 Å². The Morgan fingerprint density at radius 2 is 2.00 bits per heavy atom. The molecule has 6 heteroatoms. The molecule has 1 aliphatic heterocycles. The fourth-order valence-electron chi connectivity index (χ4n) is 3.35. The van der Waals surface area contributed by atoms with Gasteiger partial charge in [-0.05, 0) is 37.3 Å². The number of nitrogens with one attached hydrogen (secondary N) is 1. The zero-order chi connectivity index (χ0) is 18.9. The van der Waals surface area contributed by atoms with E-state index < -0.39 is 11.9 Å². The molecule has 1 heterocycles. The van der Waals surface area contributed by atoms with Crippen LogP contribution in [0.1, 0.15) is 38.2 Å². The lowest BCUT2D eigenvalue weighted by Gasteiger charge is -2.20. The molecule has 6 nitrogen and oxygen atoms in total. The Kier molecular flexibility index (Phi) is 7.78. The van der Waals surface area contributed by atoms with Crippen molar-refractivity contribution in [2.24, 2.45) is 11.7 Å². The number of benzene rings is 1. The molecule has 3 N–H and O–H groups in total. The van der Waals surface area contributed by atoms with Crippen LogP contribution in [-0.4, -0.2) is 48.2 Å². The molecule has 1 aromatic rings. The van der Waals surface area contributed by atoms with Crippen LogP contribution < -0.4 is 11.1 Å². The summed E-state index contributed by atoms with van der Waals surface area (Å²) in [4.78, 5) is 37.7. The topological polar surface area (TPSA) is 92.5 Å². The molecule has 1 saturated heterocycles. The predicted octanol–water partition coefficient (Wildman–Crippen LogP) is 1.28. The first-order valence-corrected chi connectivity index (χ1v) is 9.30. The van der Waals surface area contributed by atoms with Gasteiger partial charge >= 0.3 is 0 Å². The second-order valence-corrected chi connectivity index (χ2v) is 7.22. The summed E-state index contributed by atoms with van der Waals surface area (Å²) < 4.78 is 0. The van der Waals surface area contributed by atoms with E-state index in [1.807, 2.05) is 25.1 Å². The maximum absolute atomic E-state index is 12.5. The van der Waals surface area contributed by atoms with Gasteiger partial charge in [-0.1, -0.05) is 37.3 Å². The number of ketones is 1. The maximum Gasteiger partial charge on any atom is 0.220 e. The molecule has 0 radical (unpaired) electrons. The Balaban J connectivity index is 1.79. The summed E-state index contributed by atoms with van der Waals surface area (Å²) in [6, 6.07) is 9.80. The molecule has 2 rings (SSSR count). The van der Waals surface area contributed by atoms with Gasteiger partial charge in [0.2, 0.25) is 11.8 Å². The van der Waals surface area contributed by atoms with Gasteiger partial charge in [0.25, 0.3) is 0 Å². The number of nitrogens with zero attached hydrogens (tertiary/aromatic N) is 1. The second-order valence-electron chi connectivity index (χ2n) is 7.22. The van der Waals surface area contributed by atoms with Crippen molar-refractivity contribution < 1.29 is 14.4 Å². The van der Waals surface area contributed by atoms with Gasteiger partial charge in [0.1, 0.15) is 0 Å². The summed E-state index contributed by atoms with van der Waals surface area (Å²) in [5.41, 5.74) is 6.41. The van der Waals surface area contributed by atoms with E-state index in [0.717, 1.165) is 25.9 Å². The number of Topliss-reactive ketones (excluding diaryl/α,β-unsaturated/α-hetero) is 1. The largest absolute Gasteiger partial charge is 0.370 e. The van der Waals surface area contributed by atoms with Crippen LogP contribution in [0.2, 0.25) is 0 Å². The number of carbonyl (C=O) groups is 3. The van der Waals surface area contributed by atoms with Gasteiger partial charge in [0, 0.05) is 19.4 Å². The molecule has 1 unspecified atom stereocenters. The number of nitrogens with two attached hydrogens (primary N) is 1. The van der Waals surface area contributed by atoms with Crippen molar-refractivity contribution in [1.82, 2.24) is 10.2 Å². The molecule has 2 atom stereocenters. The number of hydrogen-bond acceptors (Lipinski definition) is 4. The number of carbonyl (C=O) groups excluding carboxylic acids is 3. The highest BCUT2D eigenvalue weighted by molar-refractivity contribution is 5.90.